The SMILES string of the molecule is Cc1cc(=O)[nH]n1-c1ccccc1C(=O)O. The zero-order valence-electron chi connectivity index (χ0n) is 8.60. The maximum Gasteiger partial charge on any atom is 0.337 e. The van der Waals surface area contributed by atoms with Crippen LogP contribution in [0.2, 0.25) is 0 Å². The molecule has 0 amide bonds. The van der Waals surface area contributed by atoms with Crippen molar-refractivity contribution in [3.05, 3.63) is 51.9 Å². The molecule has 0 bridgehead atoms. The molecule has 1 aromatic carbocycles. The molecule has 16 heavy (non-hydrogen) atoms. The molecule has 1 heterocycles. The van der Waals surface area contributed by atoms with E-state index in [0.717, 1.165) is 0 Å². The Hall–Kier alpha value is -2.30. The molecule has 0 fully saturated rings. The highest BCUT2D eigenvalue weighted by atomic mass is 16.4. The van der Waals surface area contributed by atoms with Crippen LogP contribution in [0.5, 0.6) is 0 Å². The van der Waals surface area contributed by atoms with Gasteiger partial charge in [0.15, 0.2) is 0 Å². The van der Waals surface area contributed by atoms with Crippen molar-refractivity contribution in [2.45, 2.75) is 6.92 Å². The van der Waals surface area contributed by atoms with Crippen LogP contribution in [0, 0.1) is 6.92 Å². The van der Waals surface area contributed by atoms with Gasteiger partial charge in [0.05, 0.1) is 11.3 Å². The molecule has 2 aromatic rings. The number of nitrogens with one attached hydrogen (secondary N) is 1. The van der Waals surface area contributed by atoms with Gasteiger partial charge < -0.3 is 5.11 Å². The number of carboxylic acids is 1. The summed E-state index contributed by atoms with van der Waals surface area (Å²) in [5, 5.41) is 11.6. The lowest BCUT2D eigenvalue weighted by molar-refractivity contribution is 0.0696. The molecule has 0 aliphatic rings. The number of nitrogens with zero attached hydrogens (tertiary/aromatic N) is 1. The van der Waals surface area contributed by atoms with E-state index in [0.29, 0.717) is 11.4 Å². The van der Waals surface area contributed by atoms with Crippen LogP contribution in [0.15, 0.2) is 35.1 Å². The predicted molar refractivity (Wildman–Crippen MR) is 58.1 cm³/mol. The Kier molecular flexibility index (Phi) is 2.36. The summed E-state index contributed by atoms with van der Waals surface area (Å²) < 4.78 is 1.46. The lowest BCUT2D eigenvalue weighted by Gasteiger charge is -2.08. The van der Waals surface area contributed by atoms with Crippen molar-refractivity contribution in [1.82, 2.24) is 9.78 Å². The van der Waals surface area contributed by atoms with Crippen LogP contribution in [0.3, 0.4) is 0 Å². The van der Waals surface area contributed by atoms with E-state index in [4.69, 9.17) is 5.11 Å². The van der Waals surface area contributed by atoms with E-state index in [9.17, 15) is 9.59 Å². The van der Waals surface area contributed by atoms with E-state index in [1.165, 1.54) is 16.8 Å². The Morgan fingerprint density at radius 3 is 2.62 bits per heavy atom. The molecule has 82 valence electrons. The van der Waals surface area contributed by atoms with E-state index in [1.54, 1.807) is 25.1 Å². The van der Waals surface area contributed by atoms with Crippen molar-refractivity contribution in [2.24, 2.45) is 0 Å². The van der Waals surface area contributed by atoms with Gasteiger partial charge in [-0.15, -0.1) is 0 Å². The zero-order valence-corrected chi connectivity index (χ0v) is 8.60. The Morgan fingerprint density at radius 2 is 2.06 bits per heavy atom. The minimum atomic E-state index is -1.02. The molecule has 0 saturated carbocycles. The van der Waals surface area contributed by atoms with Crippen LogP contribution in [0.4, 0.5) is 0 Å². The van der Waals surface area contributed by atoms with Crippen LogP contribution in [-0.4, -0.2) is 20.9 Å². The van der Waals surface area contributed by atoms with Crippen LogP contribution in [0.25, 0.3) is 5.69 Å². The number of aromatic amines is 1. The maximum atomic E-state index is 11.1. The fourth-order valence-corrected chi connectivity index (χ4v) is 1.58. The summed E-state index contributed by atoms with van der Waals surface area (Å²) in [5.41, 5.74) is 1.02. The van der Waals surface area contributed by atoms with Crippen molar-refractivity contribution in [3.63, 3.8) is 0 Å². The topological polar surface area (TPSA) is 75.1 Å². The Labute approximate surface area is 90.9 Å². The van der Waals surface area contributed by atoms with Gasteiger partial charge in [0, 0.05) is 11.8 Å². The first kappa shape index (κ1) is 10.2. The molecule has 0 spiro atoms. The van der Waals surface area contributed by atoms with Gasteiger partial charge in [-0.05, 0) is 19.1 Å². The first-order chi connectivity index (χ1) is 7.59. The number of rotatable bonds is 2. The highest BCUT2D eigenvalue weighted by Gasteiger charge is 2.12. The number of carbonyl (C=O) groups is 1. The molecule has 5 heteroatoms. The Morgan fingerprint density at radius 1 is 1.38 bits per heavy atom. The summed E-state index contributed by atoms with van der Waals surface area (Å²) >= 11 is 0. The molecule has 0 radical (unpaired) electrons. The van der Waals surface area contributed by atoms with Crippen molar-refractivity contribution in [1.29, 1.82) is 0 Å². The largest absolute Gasteiger partial charge is 0.478 e. The minimum Gasteiger partial charge on any atom is -0.478 e. The van der Waals surface area contributed by atoms with E-state index < -0.39 is 5.97 Å². The van der Waals surface area contributed by atoms with E-state index in [1.807, 2.05) is 0 Å². The van der Waals surface area contributed by atoms with E-state index in [2.05, 4.69) is 5.10 Å². The normalized spacial score (nSPS) is 10.3. The second-order valence-corrected chi connectivity index (χ2v) is 3.42. The van der Waals surface area contributed by atoms with E-state index in [-0.39, 0.29) is 11.1 Å². The standard InChI is InChI=1S/C11H10N2O3/c1-7-6-10(14)12-13(7)9-5-3-2-4-8(9)11(15)16/h2-6H,1H3,(H,12,14)(H,15,16). The number of aryl methyl sites for hydroxylation is 1. The highest BCUT2D eigenvalue weighted by molar-refractivity contribution is 5.91. The third kappa shape index (κ3) is 1.63. The van der Waals surface area contributed by atoms with Gasteiger partial charge in [-0.1, -0.05) is 12.1 Å². The van der Waals surface area contributed by atoms with Crippen LogP contribution in [0.1, 0.15) is 16.1 Å². The molecule has 1 aromatic heterocycles. The highest BCUT2D eigenvalue weighted by Crippen LogP contribution is 2.14. The number of H-pyrrole nitrogens is 1. The second-order valence-electron chi connectivity index (χ2n) is 3.42. The first-order valence-corrected chi connectivity index (χ1v) is 4.71. The Balaban J connectivity index is 2.69. The summed E-state index contributed by atoms with van der Waals surface area (Å²) in [6.45, 7) is 1.73. The van der Waals surface area contributed by atoms with Crippen molar-refractivity contribution < 1.29 is 9.90 Å². The zero-order chi connectivity index (χ0) is 11.7. The number of aromatic nitrogens is 2. The number of hydrogen-bond acceptors (Lipinski definition) is 2. The van der Waals surface area contributed by atoms with Gasteiger partial charge >= 0.3 is 5.97 Å². The third-order valence-corrected chi connectivity index (χ3v) is 2.29. The maximum absolute atomic E-state index is 11.1. The summed E-state index contributed by atoms with van der Waals surface area (Å²) in [4.78, 5) is 22.1. The van der Waals surface area contributed by atoms with Crippen LogP contribution < -0.4 is 5.56 Å². The first-order valence-electron chi connectivity index (χ1n) is 4.71. The number of carboxylic acid groups (broad SMARTS) is 1. The lowest BCUT2D eigenvalue weighted by Crippen LogP contribution is -2.09. The molecule has 0 saturated heterocycles. The van der Waals surface area contributed by atoms with Crippen molar-refractivity contribution in [3.8, 4) is 5.69 Å². The smallest absolute Gasteiger partial charge is 0.337 e. The molecule has 0 aliphatic heterocycles. The van der Waals surface area contributed by atoms with Gasteiger partial charge in [-0.25, -0.2) is 4.79 Å². The van der Waals surface area contributed by atoms with Gasteiger partial charge in [0.2, 0.25) is 0 Å². The number of benzene rings is 1. The number of para-hydroxylation sites is 1. The summed E-state index contributed by atoms with van der Waals surface area (Å²) in [7, 11) is 0. The summed E-state index contributed by atoms with van der Waals surface area (Å²) in [5.74, 6) is -1.02. The second kappa shape index (κ2) is 3.69. The molecule has 0 aliphatic carbocycles. The summed E-state index contributed by atoms with van der Waals surface area (Å²) in [6, 6.07) is 7.92. The fourth-order valence-electron chi connectivity index (χ4n) is 1.58. The molecular weight excluding hydrogens is 208 g/mol. The molecule has 2 N–H and O–H groups in total. The van der Waals surface area contributed by atoms with Gasteiger partial charge in [-0.2, -0.15) is 0 Å². The molecule has 0 atom stereocenters. The predicted octanol–water partition coefficient (Wildman–Crippen LogP) is 1.17. The van der Waals surface area contributed by atoms with Crippen LogP contribution >= 0.6 is 0 Å². The Bertz CT molecular complexity index is 595. The van der Waals surface area contributed by atoms with Gasteiger partial charge in [-0.3, -0.25) is 14.6 Å². The number of hydrogen-bond donors (Lipinski definition) is 2. The number of aromatic carboxylic acids is 1. The third-order valence-electron chi connectivity index (χ3n) is 2.29. The molecular formula is C11H10N2O3. The monoisotopic (exact) mass is 218 g/mol. The average Bonchev–Trinajstić information content (AvgIpc) is 2.57. The van der Waals surface area contributed by atoms with E-state index >= 15 is 0 Å². The molecule has 2 rings (SSSR count). The average molecular weight is 218 g/mol. The van der Waals surface area contributed by atoms with Crippen LogP contribution in [-0.2, 0) is 0 Å². The van der Waals surface area contributed by atoms with Crippen molar-refractivity contribution >= 4 is 5.97 Å². The quantitative estimate of drug-likeness (QED) is 0.794. The van der Waals surface area contributed by atoms with Gasteiger partial charge in [0.25, 0.3) is 5.56 Å². The molecule has 5 nitrogen and oxygen atoms in total. The fraction of sp³-hybridized carbons (Fsp3) is 0.0909. The summed E-state index contributed by atoms with van der Waals surface area (Å²) in [6.07, 6.45) is 0. The molecule has 0 unspecified atom stereocenters. The lowest BCUT2D eigenvalue weighted by atomic mass is 10.2. The van der Waals surface area contributed by atoms with Crippen molar-refractivity contribution in [2.75, 3.05) is 0 Å². The van der Waals surface area contributed by atoms with Gasteiger partial charge in [0.1, 0.15) is 0 Å². The minimum absolute atomic E-state index is 0.150.